The quantitative estimate of drug-likeness (QED) is 0.104. The van der Waals surface area contributed by atoms with Crippen molar-refractivity contribution in [2.24, 2.45) is 0 Å². The SMILES string of the molecule is Cc1cc(C)cc(-c2ccc3c(c2)c2ccccc2n3-c2ccc(-c3nc(C)nc(C)n3)cc2-c2nc(C)nc(C)n2)c1.Cc1cc(C)cc(-c2ccc3c4ccc(-c5cc(C)cc(C)c5)cc4n(-c4ccc(-c5nc(C)nc(C)n5)cc4-c4nc(C)nc(C)n4)c3c2)c1.Cc1cc(C)cc(-c2ccc3c4ccccc4n(-c4ccc(-c5nc(C)nc(C)n5)cc4-c4nc(C)nc(C)n4)c3c2)c1. The molecule has 22 rings (SSSR count). The first-order valence-electron chi connectivity index (χ1n) is 46.1. The molecule has 0 amide bonds. The van der Waals surface area contributed by atoms with Crippen molar-refractivity contribution in [1.29, 1.82) is 0 Å². The van der Waals surface area contributed by atoms with Crippen LogP contribution in [0.3, 0.4) is 0 Å². The molecule has 13 aromatic carbocycles. The maximum atomic E-state index is 4.89. The van der Waals surface area contributed by atoms with Crippen LogP contribution in [0.15, 0.2) is 249 Å². The van der Waals surface area contributed by atoms with E-state index < -0.39 is 0 Å². The lowest BCUT2D eigenvalue weighted by molar-refractivity contribution is 0.923. The minimum atomic E-state index is 0.602. The van der Waals surface area contributed by atoms with Crippen LogP contribution in [0.4, 0.5) is 0 Å². The molecule has 9 aromatic heterocycles. The van der Waals surface area contributed by atoms with Crippen molar-refractivity contribution in [2.45, 2.75) is 138 Å². The lowest BCUT2D eigenvalue weighted by Gasteiger charge is -2.16. The number of aryl methyl sites for hydroxylation is 20. The van der Waals surface area contributed by atoms with Gasteiger partial charge in [0.25, 0.3) is 0 Å². The Hall–Kier alpha value is -16.7. The monoisotopic (exact) mass is 1790 g/mol. The van der Waals surface area contributed by atoms with E-state index in [2.05, 4.69) is 368 Å². The van der Waals surface area contributed by atoms with Crippen molar-refractivity contribution in [3.63, 3.8) is 0 Å². The number of hydrogen-bond donors (Lipinski definition) is 0. The van der Waals surface area contributed by atoms with Gasteiger partial charge in [-0.1, -0.05) is 196 Å². The predicted octanol–water partition coefficient (Wildman–Crippen LogP) is 26.3. The van der Waals surface area contributed by atoms with Gasteiger partial charge in [-0.3, -0.25) is 0 Å². The van der Waals surface area contributed by atoms with E-state index in [0.717, 1.165) is 94.7 Å². The molecule has 9 heterocycles. The lowest BCUT2D eigenvalue weighted by atomic mass is 9.98. The molecule has 0 saturated carbocycles. The largest absolute Gasteiger partial charge is 0.309 e. The Morgan fingerprint density at radius 1 is 0.139 bits per heavy atom. The number of hydrogen-bond acceptors (Lipinski definition) is 18. The fourth-order valence-corrected chi connectivity index (χ4v) is 19.6. The normalized spacial score (nSPS) is 11.5. The van der Waals surface area contributed by atoms with Crippen LogP contribution in [0.2, 0.25) is 0 Å². The molecule has 22 aromatic rings. The molecule has 0 atom stereocenters. The van der Waals surface area contributed by atoms with Crippen LogP contribution in [0.5, 0.6) is 0 Å². The summed E-state index contributed by atoms with van der Waals surface area (Å²) < 4.78 is 7.02. The highest BCUT2D eigenvalue weighted by Crippen LogP contribution is 2.45. The molecule has 0 N–H and O–H groups in total. The van der Waals surface area contributed by atoms with Crippen LogP contribution in [0.1, 0.15) is 114 Å². The van der Waals surface area contributed by atoms with Crippen molar-refractivity contribution < 1.29 is 0 Å². The second-order valence-electron chi connectivity index (χ2n) is 36.2. The summed E-state index contributed by atoms with van der Waals surface area (Å²) in [5.41, 5.74) is 34.3. The summed E-state index contributed by atoms with van der Waals surface area (Å²) in [5.74, 6) is 11.8. The molecule has 670 valence electrons. The topological polar surface area (TPSA) is 247 Å². The molecule has 0 bridgehead atoms. The summed E-state index contributed by atoms with van der Waals surface area (Å²) in [4.78, 5) is 83.5. The van der Waals surface area contributed by atoms with E-state index in [4.69, 9.17) is 39.9 Å². The fraction of sp³-hybridized carbons (Fsp3) is 0.172. The van der Waals surface area contributed by atoms with Crippen molar-refractivity contribution in [3.05, 3.63) is 363 Å². The Balaban J connectivity index is 0.000000128. The Kier molecular flexibility index (Phi) is 23.0. The zero-order valence-electron chi connectivity index (χ0n) is 80.6. The Morgan fingerprint density at radius 3 is 0.620 bits per heavy atom. The summed E-state index contributed by atoms with van der Waals surface area (Å²) >= 11 is 0. The minimum absolute atomic E-state index is 0.602. The van der Waals surface area contributed by atoms with Gasteiger partial charge in [0, 0.05) is 65.7 Å². The minimum Gasteiger partial charge on any atom is -0.309 e. The van der Waals surface area contributed by atoms with E-state index in [1.54, 1.807) is 0 Å². The van der Waals surface area contributed by atoms with Gasteiger partial charge in [0.2, 0.25) is 0 Å². The molecule has 0 radical (unpaired) electrons. The van der Waals surface area contributed by atoms with Gasteiger partial charge in [-0.2, -0.15) is 0 Å². The van der Waals surface area contributed by atoms with Crippen molar-refractivity contribution in [3.8, 4) is 130 Å². The highest BCUT2D eigenvalue weighted by molar-refractivity contribution is 6.14. The van der Waals surface area contributed by atoms with E-state index in [0.29, 0.717) is 105 Å². The molecule has 0 aliphatic carbocycles. The maximum Gasteiger partial charge on any atom is 0.165 e. The Morgan fingerprint density at radius 2 is 0.343 bits per heavy atom. The number of para-hydroxylation sites is 2. The van der Waals surface area contributed by atoms with Crippen LogP contribution in [0, 0.1) is 138 Å². The van der Waals surface area contributed by atoms with E-state index in [1.807, 2.05) is 83.1 Å². The second kappa shape index (κ2) is 35.7. The molecule has 0 fully saturated rings. The average Bonchev–Trinajstić information content (AvgIpc) is 1.55. The van der Waals surface area contributed by atoms with Gasteiger partial charge >= 0.3 is 0 Å². The molecule has 0 saturated heterocycles. The highest BCUT2D eigenvalue weighted by atomic mass is 15.1. The molecule has 21 heteroatoms. The van der Waals surface area contributed by atoms with Crippen LogP contribution >= 0.6 is 0 Å². The van der Waals surface area contributed by atoms with Gasteiger partial charge in [0.05, 0.1) is 50.2 Å². The third kappa shape index (κ3) is 17.7. The smallest absolute Gasteiger partial charge is 0.165 e. The first-order valence-corrected chi connectivity index (χ1v) is 46.1. The van der Waals surface area contributed by atoms with E-state index in [-0.39, 0.29) is 0 Å². The van der Waals surface area contributed by atoms with Crippen LogP contribution < -0.4 is 0 Å². The summed E-state index contributed by atoms with van der Waals surface area (Å²) in [6, 6.07) is 90.1. The second-order valence-corrected chi connectivity index (χ2v) is 36.2. The summed E-state index contributed by atoms with van der Waals surface area (Å²) in [7, 11) is 0. The van der Waals surface area contributed by atoms with Crippen LogP contribution in [-0.2, 0) is 0 Å². The first-order chi connectivity index (χ1) is 65.9. The van der Waals surface area contributed by atoms with E-state index in [9.17, 15) is 0 Å². The zero-order chi connectivity index (χ0) is 95.2. The molecule has 21 nitrogen and oxygen atoms in total. The van der Waals surface area contributed by atoms with Gasteiger partial charge < -0.3 is 13.7 Å². The van der Waals surface area contributed by atoms with Crippen LogP contribution in [-0.4, -0.2) is 103 Å². The van der Waals surface area contributed by atoms with E-state index >= 15 is 0 Å². The van der Waals surface area contributed by atoms with Crippen LogP contribution in [0.25, 0.3) is 195 Å². The van der Waals surface area contributed by atoms with Crippen molar-refractivity contribution in [1.82, 2.24) is 103 Å². The number of rotatable bonds is 13. The third-order valence-electron chi connectivity index (χ3n) is 24.7. The number of benzene rings is 13. The summed E-state index contributed by atoms with van der Waals surface area (Å²) in [5, 5.41) is 7.09. The molecule has 137 heavy (non-hydrogen) atoms. The number of nitrogens with zero attached hydrogens (tertiary/aromatic N) is 21. The number of fused-ring (bicyclic) bond motifs is 9. The van der Waals surface area contributed by atoms with Gasteiger partial charge in [0.1, 0.15) is 69.9 Å². The molecule has 0 aliphatic heterocycles. The highest BCUT2D eigenvalue weighted by Gasteiger charge is 2.27. The molecule has 0 spiro atoms. The predicted molar refractivity (Wildman–Crippen MR) is 552 cm³/mol. The summed E-state index contributed by atoms with van der Waals surface area (Å²) in [6.07, 6.45) is 0. The van der Waals surface area contributed by atoms with Crippen molar-refractivity contribution >= 4 is 65.4 Å². The standard InChI is InChI=1S/C44H39N7.2C36H31N7/c1-24-15-25(2)18-35(17-24)32-9-12-37-38-13-10-33(36-19-26(3)16-27(4)20-36)23-42(38)51(41(37)22-32)40-14-11-34(43-47-28(5)45-29(6)48-43)21-39(40)44-49-30(7)46-31(8)50-44;1-20-15-21(2)17-28(16-20)26-11-13-30-29-9-7-8-10-32(29)43(34(30)19-26)33-14-12-27(35-39-22(3)37-23(4)40-35)18-31(33)36-41-24(5)38-25(6)42-36;1-20-15-21(2)17-28(16-20)26-11-13-33-30(18-26)29-9-7-8-10-32(29)43(33)34-14-12-27(35-39-22(3)37-23(4)40-35)19-31(34)36-41-24(5)38-25(6)42-36/h9-23H,1-8H3;2*7-19H,1-6H3. The molecule has 0 unspecified atom stereocenters. The average molecular weight is 1790 g/mol. The third-order valence-corrected chi connectivity index (χ3v) is 24.7. The zero-order valence-corrected chi connectivity index (χ0v) is 80.6. The maximum absolute atomic E-state index is 4.89. The first kappa shape index (κ1) is 88.3. The summed E-state index contributed by atoms with van der Waals surface area (Å²) in [6.45, 7) is 40.0. The Bertz CT molecular complexity index is 8380. The lowest BCUT2D eigenvalue weighted by Crippen LogP contribution is -2.05. The van der Waals surface area contributed by atoms with Gasteiger partial charge in [-0.25, -0.2) is 89.7 Å². The van der Waals surface area contributed by atoms with Gasteiger partial charge in [-0.05, 0) is 280 Å². The van der Waals surface area contributed by atoms with Crippen molar-refractivity contribution in [2.75, 3.05) is 0 Å². The molecular weight excluding hydrogens is 1690 g/mol. The molecule has 0 aliphatic rings. The fourth-order valence-electron chi connectivity index (χ4n) is 19.6. The Labute approximate surface area is 795 Å². The van der Waals surface area contributed by atoms with E-state index in [1.165, 1.54) is 110 Å². The molecular formula is C116H101N21. The van der Waals surface area contributed by atoms with Gasteiger partial charge in [-0.15, -0.1) is 0 Å². The van der Waals surface area contributed by atoms with Gasteiger partial charge in [0.15, 0.2) is 34.9 Å². The number of aromatic nitrogens is 21.